The van der Waals surface area contributed by atoms with Gasteiger partial charge in [-0.1, -0.05) is 24.9 Å². The van der Waals surface area contributed by atoms with Crippen molar-refractivity contribution in [2.75, 3.05) is 13.6 Å². The lowest BCUT2D eigenvalue weighted by atomic mass is 9.91. The van der Waals surface area contributed by atoms with Gasteiger partial charge >= 0.3 is 0 Å². The first-order valence-electron chi connectivity index (χ1n) is 10.2. The van der Waals surface area contributed by atoms with Gasteiger partial charge in [-0.25, -0.2) is 0 Å². The van der Waals surface area contributed by atoms with E-state index >= 15 is 0 Å². The molecule has 0 amide bonds. The van der Waals surface area contributed by atoms with Crippen LogP contribution in [-0.4, -0.2) is 28.0 Å². The lowest BCUT2D eigenvalue weighted by Crippen LogP contribution is -2.27. The monoisotopic (exact) mass is 393 g/mol. The van der Waals surface area contributed by atoms with Crippen LogP contribution in [0.5, 0.6) is 0 Å². The summed E-state index contributed by atoms with van der Waals surface area (Å²) in [5, 5.41) is 2.09. The zero-order valence-electron chi connectivity index (χ0n) is 17.0. The van der Waals surface area contributed by atoms with E-state index in [9.17, 15) is 0 Å². The minimum Gasteiger partial charge on any atom is -0.338 e. The Bertz CT molecular complexity index is 975. The lowest BCUT2D eigenvalue weighted by Gasteiger charge is -2.26. The highest BCUT2D eigenvalue weighted by Crippen LogP contribution is 2.36. The van der Waals surface area contributed by atoms with Gasteiger partial charge in [-0.15, -0.1) is 0 Å². The van der Waals surface area contributed by atoms with Crippen LogP contribution < -0.4 is 0 Å². The lowest BCUT2D eigenvalue weighted by molar-refractivity contribution is 0.310. The molecule has 0 saturated heterocycles. The molecule has 2 radical (unpaired) electrons. The second-order valence-electron chi connectivity index (χ2n) is 7.86. The molecule has 1 aliphatic heterocycles. The van der Waals surface area contributed by atoms with Crippen LogP contribution in [0.2, 0.25) is 5.02 Å². The SMILES string of the molecule is CC[CH]CC([CH]n1c2c(c3cc(Cl)ccc31)CN(C)CC2)c1ccncc1C. The molecule has 0 N–H and O–H groups in total. The van der Waals surface area contributed by atoms with Gasteiger partial charge < -0.3 is 9.47 Å². The van der Waals surface area contributed by atoms with Crippen molar-refractivity contribution in [2.45, 2.75) is 45.6 Å². The van der Waals surface area contributed by atoms with Crippen molar-refractivity contribution in [3.63, 3.8) is 0 Å². The maximum absolute atomic E-state index is 6.35. The van der Waals surface area contributed by atoms with Crippen molar-refractivity contribution in [2.24, 2.45) is 0 Å². The van der Waals surface area contributed by atoms with Crippen molar-refractivity contribution in [1.29, 1.82) is 0 Å². The number of hydrogen-bond acceptors (Lipinski definition) is 2. The predicted molar refractivity (Wildman–Crippen MR) is 118 cm³/mol. The quantitative estimate of drug-likeness (QED) is 0.529. The number of aromatic nitrogens is 2. The van der Waals surface area contributed by atoms with E-state index in [4.69, 9.17) is 11.6 Å². The number of unbranched alkanes of at least 4 members (excludes halogenated alkanes) is 1. The van der Waals surface area contributed by atoms with Crippen molar-refractivity contribution in [3.8, 4) is 0 Å². The van der Waals surface area contributed by atoms with E-state index in [2.05, 4.69) is 66.5 Å². The molecule has 0 spiro atoms. The summed E-state index contributed by atoms with van der Waals surface area (Å²) in [6.45, 7) is 8.86. The molecular weight excluding hydrogens is 366 g/mol. The summed E-state index contributed by atoms with van der Waals surface area (Å²) in [7, 11) is 2.19. The molecule has 3 nitrogen and oxygen atoms in total. The summed E-state index contributed by atoms with van der Waals surface area (Å²) < 4.78 is 2.45. The third-order valence-corrected chi connectivity index (χ3v) is 6.08. The highest BCUT2D eigenvalue weighted by molar-refractivity contribution is 6.31. The van der Waals surface area contributed by atoms with Crippen molar-refractivity contribution >= 4 is 22.5 Å². The van der Waals surface area contributed by atoms with Gasteiger partial charge in [0.25, 0.3) is 0 Å². The minimum atomic E-state index is 0.331. The number of halogens is 1. The van der Waals surface area contributed by atoms with Gasteiger partial charge in [0.15, 0.2) is 0 Å². The van der Waals surface area contributed by atoms with E-state index < -0.39 is 0 Å². The molecule has 0 fully saturated rings. The van der Waals surface area contributed by atoms with Crippen LogP contribution in [0.3, 0.4) is 0 Å². The Kier molecular flexibility index (Phi) is 5.75. The Morgan fingerprint density at radius 3 is 2.93 bits per heavy atom. The molecular formula is C24H28ClN3. The molecule has 2 aromatic heterocycles. The molecule has 1 aromatic carbocycles. The van der Waals surface area contributed by atoms with Gasteiger partial charge in [-0.2, -0.15) is 0 Å². The zero-order chi connectivity index (χ0) is 19.7. The predicted octanol–water partition coefficient (Wildman–Crippen LogP) is 5.78. The topological polar surface area (TPSA) is 21.1 Å². The number of rotatable bonds is 6. The summed E-state index contributed by atoms with van der Waals surface area (Å²) in [5.41, 5.74) is 6.73. The number of aryl methyl sites for hydroxylation is 1. The van der Waals surface area contributed by atoms with Crippen LogP contribution in [-0.2, 0) is 13.0 Å². The van der Waals surface area contributed by atoms with Gasteiger partial charge in [0.2, 0.25) is 0 Å². The summed E-state index contributed by atoms with van der Waals surface area (Å²) in [5.74, 6) is 0.331. The number of benzene rings is 1. The van der Waals surface area contributed by atoms with Crippen molar-refractivity contribution in [3.05, 3.63) is 77.0 Å². The molecule has 1 aliphatic rings. The Morgan fingerprint density at radius 2 is 2.14 bits per heavy atom. The van der Waals surface area contributed by atoms with Crippen LogP contribution in [0.4, 0.5) is 0 Å². The van der Waals surface area contributed by atoms with Crippen LogP contribution in [0.1, 0.15) is 48.1 Å². The van der Waals surface area contributed by atoms with E-state index in [-0.39, 0.29) is 0 Å². The summed E-state index contributed by atoms with van der Waals surface area (Å²) in [6, 6.07) is 8.48. The fourth-order valence-corrected chi connectivity index (χ4v) is 4.54. The van der Waals surface area contributed by atoms with Gasteiger partial charge in [-0.3, -0.25) is 4.98 Å². The van der Waals surface area contributed by atoms with Gasteiger partial charge in [0.1, 0.15) is 0 Å². The largest absolute Gasteiger partial charge is 0.338 e. The molecule has 0 bridgehead atoms. The standard InChI is InChI=1S/C24H28ClN3/c1-4-5-6-18(20-9-11-26-14-17(20)2)15-28-23-8-7-19(25)13-21(23)22-16-27(3)12-10-24(22)28/h5,7-9,11,13-15,18H,4,6,10,12,16H2,1-3H3. The fraction of sp³-hybridized carbons (Fsp3) is 0.375. The molecule has 4 heteroatoms. The Morgan fingerprint density at radius 1 is 1.29 bits per heavy atom. The molecule has 4 rings (SSSR count). The summed E-state index contributed by atoms with van der Waals surface area (Å²) in [4.78, 5) is 6.68. The highest BCUT2D eigenvalue weighted by Gasteiger charge is 2.25. The molecule has 28 heavy (non-hydrogen) atoms. The molecule has 1 unspecified atom stereocenters. The zero-order valence-corrected chi connectivity index (χ0v) is 17.7. The van der Waals surface area contributed by atoms with Crippen LogP contribution in [0, 0.1) is 19.9 Å². The number of fused-ring (bicyclic) bond motifs is 3. The second-order valence-corrected chi connectivity index (χ2v) is 8.30. The third kappa shape index (κ3) is 3.70. The number of hydrogen-bond donors (Lipinski definition) is 0. The van der Waals surface area contributed by atoms with E-state index in [1.165, 1.54) is 33.3 Å². The maximum Gasteiger partial charge on any atom is 0.0621 e. The number of nitrogens with zero attached hydrogens (tertiary/aromatic N) is 3. The molecule has 1 atom stereocenters. The van der Waals surface area contributed by atoms with Crippen LogP contribution in [0.25, 0.3) is 10.9 Å². The van der Waals surface area contributed by atoms with Gasteiger partial charge in [-0.05, 0) is 67.8 Å². The first-order chi connectivity index (χ1) is 13.6. The summed E-state index contributed by atoms with van der Waals surface area (Å²) >= 11 is 6.35. The highest BCUT2D eigenvalue weighted by atomic mass is 35.5. The van der Waals surface area contributed by atoms with E-state index in [0.717, 1.165) is 37.4 Å². The van der Waals surface area contributed by atoms with Gasteiger partial charge in [0, 0.05) is 59.4 Å². The van der Waals surface area contributed by atoms with Crippen molar-refractivity contribution in [1.82, 2.24) is 14.5 Å². The van der Waals surface area contributed by atoms with E-state index in [1.807, 2.05) is 18.5 Å². The number of pyridine rings is 1. The Hall–Kier alpha value is -1.84. The van der Waals surface area contributed by atoms with Crippen LogP contribution >= 0.6 is 11.6 Å². The fourth-order valence-electron chi connectivity index (χ4n) is 4.36. The smallest absolute Gasteiger partial charge is 0.0621 e. The minimum absolute atomic E-state index is 0.331. The molecule has 0 saturated carbocycles. The average molecular weight is 394 g/mol. The van der Waals surface area contributed by atoms with Gasteiger partial charge in [0.05, 0.1) is 6.54 Å². The molecule has 3 heterocycles. The third-order valence-electron chi connectivity index (χ3n) is 5.84. The van der Waals surface area contributed by atoms with E-state index in [0.29, 0.717) is 5.92 Å². The first kappa shape index (κ1) is 19.5. The Labute approximate surface area is 173 Å². The molecule has 3 aromatic rings. The number of likely N-dealkylation sites (N-methyl/N-ethyl adjacent to an activating group) is 1. The average Bonchev–Trinajstić information content (AvgIpc) is 2.98. The second kappa shape index (κ2) is 8.26. The maximum atomic E-state index is 6.35. The molecule has 146 valence electrons. The normalized spacial score (nSPS) is 15.7. The summed E-state index contributed by atoms with van der Waals surface area (Å²) in [6.07, 6.45) is 9.44. The van der Waals surface area contributed by atoms with Crippen LogP contribution in [0.15, 0.2) is 36.7 Å². The van der Waals surface area contributed by atoms with Crippen molar-refractivity contribution < 1.29 is 0 Å². The Balaban J connectivity index is 1.80. The molecule has 0 aliphatic carbocycles. The van der Waals surface area contributed by atoms with E-state index in [1.54, 1.807) is 0 Å². The first-order valence-corrected chi connectivity index (χ1v) is 10.5.